The molecule has 4 rings (SSSR count). The molecule has 2 aliphatic heterocycles. The number of amides is 1. The summed E-state index contributed by atoms with van der Waals surface area (Å²) in [7, 11) is 0. The van der Waals surface area contributed by atoms with E-state index in [9.17, 15) is 4.79 Å². The maximum Gasteiger partial charge on any atom is 0.259 e. The van der Waals surface area contributed by atoms with Crippen LogP contribution >= 0.6 is 11.3 Å². The topological polar surface area (TPSA) is 55.6 Å². The Balaban J connectivity index is 1.63. The van der Waals surface area contributed by atoms with Crippen molar-refractivity contribution in [1.82, 2.24) is 0 Å². The number of nitrogens with zero attached hydrogens (tertiary/aromatic N) is 1. The van der Waals surface area contributed by atoms with Gasteiger partial charge in [0.2, 0.25) is 0 Å². The minimum absolute atomic E-state index is 0.311. The van der Waals surface area contributed by atoms with Crippen molar-refractivity contribution < 1.29 is 9.53 Å². The Labute approximate surface area is 140 Å². The monoisotopic (exact) mass is 330 g/mol. The Morgan fingerprint density at radius 1 is 1.35 bits per heavy atom. The van der Waals surface area contributed by atoms with E-state index in [0.717, 1.165) is 38.3 Å². The fraction of sp³-hybridized carbons (Fsp3) is 0.500. The molecule has 1 aromatic heterocycles. The van der Waals surface area contributed by atoms with Crippen LogP contribution in [-0.2, 0) is 11.2 Å². The molecule has 23 heavy (non-hydrogen) atoms. The highest BCUT2D eigenvalue weighted by molar-refractivity contribution is 7.21. The standard InChI is InChI=1S/C18H22N2O2S/c1-2-13-14-4-3-12(9-15(14)23-16(13)17(19)21)20-7-5-18(6-8-20)10-22-11-18/h3-4,9H,2,5-8,10-11H2,1H3,(H2,19,21). The number of carbonyl (C=O) groups is 1. The summed E-state index contributed by atoms with van der Waals surface area (Å²) >= 11 is 1.53. The van der Waals surface area contributed by atoms with Crippen LogP contribution in [0.5, 0.6) is 0 Å². The molecule has 2 aliphatic rings. The summed E-state index contributed by atoms with van der Waals surface area (Å²) in [6.45, 7) is 6.12. The third-order valence-corrected chi connectivity index (χ3v) is 6.57. The molecule has 0 radical (unpaired) electrons. The maximum atomic E-state index is 11.7. The van der Waals surface area contributed by atoms with Crippen molar-refractivity contribution in [2.45, 2.75) is 26.2 Å². The first-order chi connectivity index (χ1) is 11.1. The second kappa shape index (κ2) is 5.49. The second-order valence-electron chi connectivity index (χ2n) is 6.79. The Kier molecular flexibility index (Phi) is 3.58. The molecule has 4 nitrogen and oxygen atoms in total. The van der Waals surface area contributed by atoms with Crippen LogP contribution in [0.4, 0.5) is 5.69 Å². The minimum Gasteiger partial charge on any atom is -0.380 e. The number of hydrogen-bond donors (Lipinski definition) is 1. The van der Waals surface area contributed by atoms with Crippen molar-refractivity contribution in [3.63, 3.8) is 0 Å². The maximum absolute atomic E-state index is 11.7. The van der Waals surface area contributed by atoms with Crippen LogP contribution in [0, 0.1) is 5.41 Å². The quantitative estimate of drug-likeness (QED) is 0.940. The molecule has 2 N–H and O–H groups in total. The normalized spacial score (nSPS) is 20.0. The average molecular weight is 330 g/mol. The molecule has 5 heteroatoms. The largest absolute Gasteiger partial charge is 0.380 e. The van der Waals surface area contributed by atoms with Gasteiger partial charge in [-0.2, -0.15) is 0 Å². The first-order valence-corrected chi connectivity index (χ1v) is 9.11. The van der Waals surface area contributed by atoms with E-state index in [4.69, 9.17) is 10.5 Å². The predicted octanol–water partition coefficient (Wildman–Crippen LogP) is 3.18. The second-order valence-corrected chi connectivity index (χ2v) is 7.84. The van der Waals surface area contributed by atoms with E-state index in [-0.39, 0.29) is 5.91 Å². The molecular weight excluding hydrogens is 308 g/mol. The van der Waals surface area contributed by atoms with Crippen molar-refractivity contribution in [3.05, 3.63) is 28.6 Å². The van der Waals surface area contributed by atoms with Gasteiger partial charge in [-0.25, -0.2) is 0 Å². The van der Waals surface area contributed by atoms with Gasteiger partial charge in [0.25, 0.3) is 5.91 Å². The van der Waals surface area contributed by atoms with Gasteiger partial charge in [-0.05, 0) is 42.3 Å². The number of benzene rings is 1. The number of aryl methyl sites for hydroxylation is 1. The molecule has 2 fully saturated rings. The Morgan fingerprint density at radius 2 is 2.09 bits per heavy atom. The first-order valence-electron chi connectivity index (χ1n) is 8.30. The number of hydrogen-bond acceptors (Lipinski definition) is 4. The van der Waals surface area contributed by atoms with E-state index in [2.05, 4.69) is 30.0 Å². The summed E-state index contributed by atoms with van der Waals surface area (Å²) in [6.07, 6.45) is 3.26. The van der Waals surface area contributed by atoms with E-state index < -0.39 is 0 Å². The third-order valence-electron chi connectivity index (χ3n) is 5.36. The lowest BCUT2D eigenvalue weighted by molar-refractivity contribution is -0.124. The molecule has 0 aliphatic carbocycles. The highest BCUT2D eigenvalue weighted by atomic mass is 32.1. The summed E-state index contributed by atoms with van der Waals surface area (Å²) in [4.78, 5) is 14.8. The van der Waals surface area contributed by atoms with Gasteiger partial charge in [0.1, 0.15) is 0 Å². The molecule has 122 valence electrons. The Morgan fingerprint density at radius 3 is 2.65 bits per heavy atom. The SMILES string of the molecule is CCc1c(C(N)=O)sc2cc(N3CCC4(CC3)COC4)ccc12. The number of carbonyl (C=O) groups excluding carboxylic acids is 1. The molecule has 2 aromatic rings. The highest BCUT2D eigenvalue weighted by Crippen LogP contribution is 2.40. The van der Waals surface area contributed by atoms with Gasteiger partial charge in [-0.1, -0.05) is 13.0 Å². The van der Waals surface area contributed by atoms with Gasteiger partial charge in [-0.15, -0.1) is 11.3 Å². The lowest BCUT2D eigenvalue weighted by atomic mass is 9.77. The van der Waals surface area contributed by atoms with Crippen LogP contribution < -0.4 is 10.6 Å². The molecule has 2 saturated heterocycles. The van der Waals surface area contributed by atoms with Gasteiger partial charge < -0.3 is 15.4 Å². The van der Waals surface area contributed by atoms with Crippen LogP contribution in [0.1, 0.15) is 35.0 Å². The fourth-order valence-electron chi connectivity index (χ4n) is 3.80. The molecule has 0 saturated carbocycles. The van der Waals surface area contributed by atoms with Gasteiger partial charge in [0.05, 0.1) is 18.1 Å². The molecule has 3 heterocycles. The lowest BCUT2D eigenvalue weighted by Gasteiger charge is -2.47. The molecule has 0 atom stereocenters. The molecule has 0 bridgehead atoms. The van der Waals surface area contributed by atoms with Gasteiger partial charge in [0.15, 0.2) is 0 Å². The van der Waals surface area contributed by atoms with Gasteiger partial charge in [-0.3, -0.25) is 4.79 Å². The number of anilines is 1. The summed E-state index contributed by atoms with van der Waals surface area (Å²) in [5.74, 6) is -0.311. The van der Waals surface area contributed by atoms with Gasteiger partial charge in [0, 0.05) is 28.9 Å². The van der Waals surface area contributed by atoms with Crippen LogP contribution in [-0.4, -0.2) is 32.2 Å². The number of primary amides is 1. The Hall–Kier alpha value is -1.59. The van der Waals surface area contributed by atoms with Crippen LogP contribution in [0.15, 0.2) is 18.2 Å². The zero-order chi connectivity index (χ0) is 16.0. The Bertz CT molecular complexity index is 754. The summed E-state index contributed by atoms with van der Waals surface area (Å²) in [5, 5.41) is 1.18. The van der Waals surface area contributed by atoms with Crippen molar-refractivity contribution >= 4 is 33.0 Å². The van der Waals surface area contributed by atoms with Crippen LogP contribution in [0.3, 0.4) is 0 Å². The minimum atomic E-state index is -0.311. The lowest BCUT2D eigenvalue weighted by Crippen LogP contribution is -2.50. The summed E-state index contributed by atoms with van der Waals surface area (Å²) in [5.41, 5.74) is 8.34. The number of nitrogens with two attached hydrogens (primary N) is 1. The van der Waals surface area contributed by atoms with Gasteiger partial charge >= 0.3 is 0 Å². The number of ether oxygens (including phenoxy) is 1. The van der Waals surface area contributed by atoms with E-state index in [1.54, 1.807) is 0 Å². The summed E-state index contributed by atoms with van der Waals surface area (Å²) < 4.78 is 6.57. The number of thiophene rings is 1. The van der Waals surface area contributed by atoms with Crippen molar-refractivity contribution in [3.8, 4) is 0 Å². The van der Waals surface area contributed by atoms with E-state index >= 15 is 0 Å². The summed E-state index contributed by atoms with van der Waals surface area (Å²) in [6, 6.07) is 6.57. The van der Waals surface area contributed by atoms with Crippen molar-refractivity contribution in [2.75, 3.05) is 31.2 Å². The zero-order valence-corrected chi connectivity index (χ0v) is 14.2. The van der Waals surface area contributed by atoms with E-state index in [0.29, 0.717) is 10.3 Å². The highest BCUT2D eigenvalue weighted by Gasteiger charge is 2.41. The molecule has 1 amide bonds. The van der Waals surface area contributed by atoms with Crippen molar-refractivity contribution in [1.29, 1.82) is 0 Å². The van der Waals surface area contributed by atoms with Crippen LogP contribution in [0.25, 0.3) is 10.1 Å². The van der Waals surface area contributed by atoms with Crippen molar-refractivity contribution in [2.24, 2.45) is 11.1 Å². The number of rotatable bonds is 3. The number of fused-ring (bicyclic) bond motifs is 1. The molecule has 1 spiro atoms. The number of piperidine rings is 1. The molecular formula is C18H22N2O2S. The molecule has 0 unspecified atom stereocenters. The van der Waals surface area contributed by atoms with E-state index in [1.807, 2.05) is 0 Å². The third kappa shape index (κ3) is 2.42. The molecule has 1 aromatic carbocycles. The van der Waals surface area contributed by atoms with Crippen LogP contribution in [0.2, 0.25) is 0 Å². The average Bonchev–Trinajstić information content (AvgIpc) is 2.91. The zero-order valence-electron chi connectivity index (χ0n) is 13.4. The predicted molar refractivity (Wildman–Crippen MR) is 94.4 cm³/mol. The first kappa shape index (κ1) is 15.0. The van der Waals surface area contributed by atoms with E-state index in [1.165, 1.54) is 40.0 Å². The fourth-order valence-corrected chi connectivity index (χ4v) is 4.98. The smallest absolute Gasteiger partial charge is 0.259 e.